The molecule has 134 valence electrons. The molecule has 0 saturated heterocycles. The maximum atomic E-state index is 4.00. The summed E-state index contributed by atoms with van der Waals surface area (Å²) < 4.78 is 0. The molecule has 0 radical (unpaired) electrons. The highest BCUT2D eigenvalue weighted by Crippen LogP contribution is 2.51. The van der Waals surface area contributed by atoms with E-state index in [0.29, 0.717) is 0 Å². The molecule has 0 saturated carbocycles. The van der Waals surface area contributed by atoms with E-state index in [9.17, 15) is 0 Å². The largest absolute Gasteiger partial charge is 0.388 e. The lowest BCUT2D eigenvalue weighted by atomic mass is 9.59. The minimum absolute atomic E-state index is 0.0396. The monoisotopic (exact) mass is 343 g/mol. The number of allylic oxidation sites excluding steroid dienone is 4. The Hall–Kier alpha value is -2.54. The Morgan fingerprint density at radius 3 is 1.88 bits per heavy atom. The van der Waals surface area contributed by atoms with Crippen molar-refractivity contribution in [2.45, 2.75) is 38.5 Å². The molecule has 0 heterocycles. The van der Waals surface area contributed by atoms with Gasteiger partial charge in [-0.05, 0) is 40.0 Å². The van der Waals surface area contributed by atoms with Crippen molar-refractivity contribution in [2.24, 2.45) is 0 Å². The molecule has 1 nitrogen and oxygen atoms in total. The maximum absolute atomic E-state index is 4.00. The van der Waals surface area contributed by atoms with Gasteiger partial charge < -0.3 is 5.32 Å². The summed E-state index contributed by atoms with van der Waals surface area (Å²) in [5, 5.41) is 3.39. The average Bonchev–Trinajstić information content (AvgIpc) is 2.64. The zero-order valence-electron chi connectivity index (χ0n) is 16.6. The van der Waals surface area contributed by atoms with E-state index in [2.05, 4.69) is 82.6 Å². The minimum Gasteiger partial charge on any atom is -0.388 e. The van der Waals surface area contributed by atoms with Gasteiger partial charge >= 0.3 is 0 Å². The topological polar surface area (TPSA) is 12.0 Å². The summed E-state index contributed by atoms with van der Waals surface area (Å²) in [6.07, 6.45) is 5.74. The highest BCUT2D eigenvalue weighted by molar-refractivity contribution is 5.84. The molecule has 1 aliphatic rings. The van der Waals surface area contributed by atoms with E-state index in [-0.39, 0.29) is 10.8 Å². The van der Waals surface area contributed by atoms with E-state index in [1.54, 1.807) is 0 Å². The van der Waals surface area contributed by atoms with E-state index in [1.165, 1.54) is 27.8 Å². The molecule has 0 spiro atoms. The predicted octanol–water partition coefficient (Wildman–Crippen LogP) is 6.45. The molecule has 1 aliphatic carbocycles. The van der Waals surface area contributed by atoms with Crippen LogP contribution in [0.3, 0.4) is 0 Å². The highest BCUT2D eigenvalue weighted by Gasteiger charge is 2.41. The van der Waals surface area contributed by atoms with Crippen LogP contribution in [0.5, 0.6) is 0 Å². The summed E-state index contributed by atoms with van der Waals surface area (Å²) in [4.78, 5) is 0. The molecule has 0 unspecified atom stereocenters. The van der Waals surface area contributed by atoms with Gasteiger partial charge in [-0.1, -0.05) is 83.3 Å². The molecule has 1 N–H and O–H groups in total. The first-order valence-electron chi connectivity index (χ1n) is 9.21. The second-order valence-corrected chi connectivity index (χ2v) is 8.05. The fraction of sp³-hybridized carbons (Fsp3) is 0.280. The van der Waals surface area contributed by atoms with Crippen molar-refractivity contribution in [3.8, 4) is 0 Å². The van der Waals surface area contributed by atoms with E-state index >= 15 is 0 Å². The van der Waals surface area contributed by atoms with E-state index in [4.69, 9.17) is 0 Å². The van der Waals surface area contributed by atoms with Gasteiger partial charge in [0.25, 0.3) is 0 Å². The normalized spacial score (nSPS) is 17.0. The van der Waals surface area contributed by atoms with E-state index < -0.39 is 0 Å². The molecule has 0 atom stereocenters. The Balaban J connectivity index is 2.38. The highest BCUT2D eigenvalue weighted by atomic mass is 14.8. The molecule has 1 heteroatoms. The lowest BCUT2D eigenvalue weighted by Gasteiger charge is -2.44. The Kier molecular flexibility index (Phi) is 4.44. The van der Waals surface area contributed by atoms with Gasteiger partial charge in [-0.15, -0.1) is 0 Å². The lowest BCUT2D eigenvalue weighted by molar-refractivity contribution is 0.520. The van der Waals surface area contributed by atoms with Crippen LogP contribution >= 0.6 is 0 Å². The van der Waals surface area contributed by atoms with Gasteiger partial charge in [0.05, 0.1) is 0 Å². The molecule has 0 aliphatic heterocycles. The summed E-state index contributed by atoms with van der Waals surface area (Å²) >= 11 is 0. The van der Waals surface area contributed by atoms with Crippen LogP contribution in [0.2, 0.25) is 0 Å². The van der Waals surface area contributed by atoms with E-state index in [1.807, 2.05) is 25.3 Å². The fourth-order valence-corrected chi connectivity index (χ4v) is 4.34. The standard InChI is InChI=1S/C25H29N/c1-8-12-17(9-2)18-15-21-22(16-23(18)26-7)25(5,6)20-14-11-10-13-19(20)24(21,3)4/h8-16,26H,1-2H2,3-7H3/b17-12+. The Morgan fingerprint density at radius 1 is 0.885 bits per heavy atom. The molecule has 3 rings (SSSR count). The maximum Gasteiger partial charge on any atom is 0.0420 e. The average molecular weight is 344 g/mol. The number of hydrogen-bond donors (Lipinski definition) is 1. The number of anilines is 1. The van der Waals surface area contributed by atoms with Gasteiger partial charge in [-0.3, -0.25) is 0 Å². The quantitative estimate of drug-likeness (QED) is 0.629. The third-order valence-corrected chi connectivity index (χ3v) is 5.88. The van der Waals surface area contributed by atoms with Crippen LogP contribution in [0.4, 0.5) is 5.69 Å². The lowest BCUT2D eigenvalue weighted by Crippen LogP contribution is -2.36. The van der Waals surface area contributed by atoms with Crippen molar-refractivity contribution < 1.29 is 0 Å². The van der Waals surface area contributed by atoms with Gasteiger partial charge in [0.15, 0.2) is 0 Å². The molecule has 0 bridgehead atoms. The molecule has 26 heavy (non-hydrogen) atoms. The second kappa shape index (κ2) is 6.32. The summed E-state index contributed by atoms with van der Waals surface area (Å²) in [6.45, 7) is 17.2. The molecule has 2 aromatic carbocycles. The summed E-state index contributed by atoms with van der Waals surface area (Å²) in [5.41, 5.74) is 8.88. The summed E-state index contributed by atoms with van der Waals surface area (Å²) in [5.74, 6) is 0. The van der Waals surface area contributed by atoms with Gasteiger partial charge in [-0.25, -0.2) is 0 Å². The van der Waals surface area contributed by atoms with Crippen molar-refractivity contribution in [1.82, 2.24) is 0 Å². The summed E-state index contributed by atoms with van der Waals surface area (Å²) in [6, 6.07) is 13.5. The van der Waals surface area contributed by atoms with Crippen LogP contribution in [0.15, 0.2) is 67.8 Å². The predicted molar refractivity (Wildman–Crippen MR) is 115 cm³/mol. The Bertz CT molecular complexity index is 910. The third-order valence-electron chi connectivity index (χ3n) is 5.88. The van der Waals surface area contributed by atoms with Crippen molar-refractivity contribution in [3.63, 3.8) is 0 Å². The molecular formula is C25H29N. The smallest absolute Gasteiger partial charge is 0.0420 e. The van der Waals surface area contributed by atoms with Crippen molar-refractivity contribution in [3.05, 3.63) is 95.6 Å². The Morgan fingerprint density at radius 2 is 1.42 bits per heavy atom. The first-order valence-corrected chi connectivity index (χ1v) is 9.21. The fourth-order valence-electron chi connectivity index (χ4n) is 4.34. The van der Waals surface area contributed by atoms with Crippen LogP contribution in [0.1, 0.15) is 55.5 Å². The van der Waals surface area contributed by atoms with Crippen LogP contribution in [0.25, 0.3) is 5.57 Å². The van der Waals surface area contributed by atoms with Gasteiger partial charge in [0, 0.05) is 29.1 Å². The molecule has 0 aromatic heterocycles. The first kappa shape index (κ1) is 18.3. The zero-order chi connectivity index (χ0) is 19.1. The third kappa shape index (κ3) is 2.54. The van der Waals surface area contributed by atoms with Gasteiger partial charge in [0.2, 0.25) is 0 Å². The van der Waals surface area contributed by atoms with Crippen LogP contribution in [0, 0.1) is 0 Å². The van der Waals surface area contributed by atoms with Gasteiger partial charge in [0.1, 0.15) is 0 Å². The number of nitrogens with one attached hydrogen (secondary N) is 1. The number of hydrogen-bond acceptors (Lipinski definition) is 1. The van der Waals surface area contributed by atoms with Crippen LogP contribution in [-0.4, -0.2) is 7.05 Å². The van der Waals surface area contributed by atoms with Crippen LogP contribution < -0.4 is 5.32 Å². The molecule has 0 amide bonds. The van der Waals surface area contributed by atoms with Gasteiger partial charge in [-0.2, -0.15) is 0 Å². The molecular weight excluding hydrogens is 314 g/mol. The minimum atomic E-state index is -0.0527. The molecule has 2 aromatic rings. The van der Waals surface area contributed by atoms with Crippen molar-refractivity contribution >= 4 is 11.3 Å². The molecule has 0 fully saturated rings. The summed E-state index contributed by atoms with van der Waals surface area (Å²) in [7, 11) is 1.98. The van der Waals surface area contributed by atoms with Crippen molar-refractivity contribution in [2.75, 3.05) is 12.4 Å². The number of rotatable bonds is 4. The second-order valence-electron chi connectivity index (χ2n) is 8.05. The van der Waals surface area contributed by atoms with Crippen molar-refractivity contribution in [1.29, 1.82) is 0 Å². The first-order chi connectivity index (χ1) is 12.3. The Labute approximate surface area is 158 Å². The van der Waals surface area contributed by atoms with Crippen LogP contribution in [-0.2, 0) is 10.8 Å². The number of benzene rings is 2. The van der Waals surface area contributed by atoms with E-state index in [0.717, 1.165) is 11.3 Å². The zero-order valence-corrected chi connectivity index (χ0v) is 16.6. The number of fused-ring (bicyclic) bond motifs is 2. The SMILES string of the molecule is C=C/C=C(\C=C)c1cc2c(cc1NC)C(C)(C)c1ccccc1C2(C)C.